The van der Waals surface area contributed by atoms with Crippen LogP contribution < -0.4 is 5.32 Å². The average Bonchev–Trinajstić information content (AvgIpc) is 2.99. The Morgan fingerprint density at radius 1 is 1.48 bits per heavy atom. The Labute approximate surface area is 136 Å². The zero-order chi connectivity index (χ0) is 15.3. The second-order valence-electron chi connectivity index (χ2n) is 5.63. The van der Waals surface area contributed by atoms with Gasteiger partial charge in [-0.1, -0.05) is 13.8 Å². The van der Waals surface area contributed by atoms with Gasteiger partial charge < -0.3 is 10.2 Å². The van der Waals surface area contributed by atoms with Crippen molar-refractivity contribution >= 4 is 29.0 Å². The molecule has 0 fully saturated rings. The second-order valence-corrected chi connectivity index (χ2v) is 7.91. The van der Waals surface area contributed by atoms with Gasteiger partial charge in [0, 0.05) is 29.3 Å². The molecule has 3 nitrogen and oxygen atoms in total. The van der Waals surface area contributed by atoms with Gasteiger partial charge in [0.1, 0.15) is 0 Å². The lowest BCUT2D eigenvalue weighted by Gasteiger charge is -2.31. The molecule has 1 aromatic heterocycles. The molecule has 2 rings (SSSR count). The molecule has 1 aromatic rings. The monoisotopic (exact) mass is 326 g/mol. The third-order valence-electron chi connectivity index (χ3n) is 4.61. The molecule has 1 aliphatic rings. The third kappa shape index (κ3) is 4.02. The molecule has 0 bridgehead atoms. The van der Waals surface area contributed by atoms with Crippen LogP contribution >= 0.6 is 23.1 Å². The zero-order valence-corrected chi connectivity index (χ0v) is 14.9. The van der Waals surface area contributed by atoms with E-state index in [2.05, 4.69) is 36.9 Å². The van der Waals surface area contributed by atoms with Gasteiger partial charge >= 0.3 is 0 Å². The molecule has 0 saturated heterocycles. The summed E-state index contributed by atoms with van der Waals surface area (Å²) in [6, 6.07) is 2.15. The van der Waals surface area contributed by atoms with E-state index in [0.29, 0.717) is 6.54 Å². The van der Waals surface area contributed by atoms with Crippen LogP contribution in [0.4, 0.5) is 0 Å². The first-order chi connectivity index (χ1) is 10.1. The summed E-state index contributed by atoms with van der Waals surface area (Å²) in [6.07, 6.45) is 5.44. The summed E-state index contributed by atoms with van der Waals surface area (Å²) in [7, 11) is 0. The first-order valence-electron chi connectivity index (χ1n) is 7.73. The van der Waals surface area contributed by atoms with Crippen molar-refractivity contribution in [3.05, 3.63) is 21.9 Å². The van der Waals surface area contributed by atoms with Crippen LogP contribution in [0, 0.1) is 0 Å². The maximum absolute atomic E-state index is 12.3. The summed E-state index contributed by atoms with van der Waals surface area (Å²) in [5.74, 6) is 0.231. The molecule has 0 unspecified atom stereocenters. The number of amides is 1. The normalized spacial score (nSPS) is 15.1. The lowest BCUT2D eigenvalue weighted by molar-refractivity contribution is -0.131. The molecule has 2 heterocycles. The van der Waals surface area contributed by atoms with Crippen LogP contribution in [0.5, 0.6) is 0 Å². The number of rotatable bonds is 7. The maximum atomic E-state index is 12.3. The smallest absolute Gasteiger partial charge is 0.236 e. The van der Waals surface area contributed by atoms with Crippen molar-refractivity contribution in [1.82, 2.24) is 10.2 Å². The number of hydrogen-bond donors (Lipinski definition) is 1. The number of carbonyl (C=O) groups is 1. The number of thioether (sulfide) groups is 1. The summed E-state index contributed by atoms with van der Waals surface area (Å²) < 4.78 is 0.267. The minimum absolute atomic E-state index is 0.231. The molecule has 0 atom stereocenters. The Morgan fingerprint density at radius 3 is 2.90 bits per heavy atom. The van der Waals surface area contributed by atoms with Gasteiger partial charge in [-0.05, 0) is 42.5 Å². The van der Waals surface area contributed by atoms with Gasteiger partial charge in [0.05, 0.1) is 6.54 Å². The van der Waals surface area contributed by atoms with E-state index in [9.17, 15) is 4.79 Å². The molecule has 1 amide bonds. The molecule has 1 N–H and O–H groups in total. The Hall–Kier alpha value is -0.520. The molecule has 0 spiro atoms. The van der Waals surface area contributed by atoms with E-state index in [1.807, 2.05) is 28.0 Å². The van der Waals surface area contributed by atoms with Crippen molar-refractivity contribution in [2.24, 2.45) is 0 Å². The molecular formula is C16H26N2OS2. The van der Waals surface area contributed by atoms with E-state index in [0.717, 1.165) is 38.9 Å². The molecular weight excluding hydrogens is 300 g/mol. The molecule has 0 aromatic carbocycles. The van der Waals surface area contributed by atoms with Gasteiger partial charge in [-0.25, -0.2) is 0 Å². The Bertz CT molecular complexity index is 460. The van der Waals surface area contributed by atoms with Crippen LogP contribution in [-0.4, -0.2) is 41.4 Å². The summed E-state index contributed by atoms with van der Waals surface area (Å²) in [5, 5.41) is 5.52. The quantitative estimate of drug-likeness (QED) is 0.835. The highest BCUT2D eigenvalue weighted by atomic mass is 32.2. The predicted molar refractivity (Wildman–Crippen MR) is 93.1 cm³/mol. The summed E-state index contributed by atoms with van der Waals surface area (Å²) in [6.45, 7) is 7.47. The Balaban J connectivity index is 1.80. The molecule has 21 heavy (non-hydrogen) atoms. The SMILES string of the molecule is CCC(CC)(CNCC(=O)N1CCc2sccc2C1)SC. The molecule has 0 saturated carbocycles. The highest BCUT2D eigenvalue weighted by Crippen LogP contribution is 2.29. The minimum Gasteiger partial charge on any atom is -0.337 e. The number of hydrogen-bond acceptors (Lipinski definition) is 4. The maximum Gasteiger partial charge on any atom is 0.236 e. The first kappa shape index (κ1) is 16.8. The van der Waals surface area contributed by atoms with Crippen molar-refractivity contribution < 1.29 is 4.79 Å². The topological polar surface area (TPSA) is 32.3 Å². The van der Waals surface area contributed by atoms with Gasteiger partial charge in [0.25, 0.3) is 0 Å². The van der Waals surface area contributed by atoms with Gasteiger partial charge in [0.15, 0.2) is 0 Å². The molecule has 118 valence electrons. The van der Waals surface area contributed by atoms with Crippen LogP contribution in [0.15, 0.2) is 11.4 Å². The molecule has 5 heteroatoms. The Kier molecular flexibility index (Phi) is 6.14. The van der Waals surface area contributed by atoms with Gasteiger partial charge in [-0.3, -0.25) is 4.79 Å². The molecule has 0 radical (unpaired) electrons. The third-order valence-corrected chi connectivity index (χ3v) is 7.22. The zero-order valence-electron chi connectivity index (χ0n) is 13.3. The number of nitrogens with one attached hydrogen (secondary N) is 1. The van der Waals surface area contributed by atoms with Gasteiger partial charge in [0.2, 0.25) is 5.91 Å². The number of carbonyl (C=O) groups excluding carboxylic acids is 1. The lowest BCUT2D eigenvalue weighted by Crippen LogP contribution is -2.44. The standard InChI is InChI=1S/C16H26N2OS2/c1-4-16(5-2,20-3)12-17-10-15(19)18-8-6-14-13(11-18)7-9-21-14/h7,9,17H,4-6,8,10-12H2,1-3H3. The highest BCUT2D eigenvalue weighted by Gasteiger charge is 2.26. The van der Waals surface area contributed by atoms with E-state index in [4.69, 9.17) is 0 Å². The van der Waals surface area contributed by atoms with E-state index in [1.165, 1.54) is 10.4 Å². The molecule has 1 aliphatic heterocycles. The fourth-order valence-corrected chi connectivity index (χ4v) is 4.54. The largest absolute Gasteiger partial charge is 0.337 e. The van der Waals surface area contributed by atoms with E-state index < -0.39 is 0 Å². The average molecular weight is 327 g/mol. The first-order valence-corrected chi connectivity index (χ1v) is 9.83. The van der Waals surface area contributed by atoms with Crippen molar-refractivity contribution in [3.8, 4) is 0 Å². The number of thiophene rings is 1. The van der Waals surface area contributed by atoms with Crippen molar-refractivity contribution in [1.29, 1.82) is 0 Å². The molecule has 0 aliphatic carbocycles. The summed E-state index contributed by atoms with van der Waals surface area (Å²) in [4.78, 5) is 15.8. The van der Waals surface area contributed by atoms with Crippen molar-refractivity contribution in [2.45, 2.75) is 44.4 Å². The van der Waals surface area contributed by atoms with E-state index in [-0.39, 0.29) is 10.7 Å². The summed E-state index contributed by atoms with van der Waals surface area (Å²) in [5.41, 5.74) is 1.33. The van der Waals surface area contributed by atoms with Crippen LogP contribution in [0.1, 0.15) is 37.1 Å². The fourth-order valence-electron chi connectivity index (χ4n) is 2.83. The highest BCUT2D eigenvalue weighted by molar-refractivity contribution is 8.00. The fraction of sp³-hybridized carbons (Fsp3) is 0.688. The summed E-state index contributed by atoms with van der Waals surface area (Å²) >= 11 is 3.72. The van der Waals surface area contributed by atoms with E-state index >= 15 is 0 Å². The van der Waals surface area contributed by atoms with Crippen molar-refractivity contribution in [2.75, 3.05) is 25.9 Å². The van der Waals surface area contributed by atoms with Gasteiger partial charge in [-0.15, -0.1) is 11.3 Å². The van der Waals surface area contributed by atoms with Gasteiger partial charge in [-0.2, -0.15) is 11.8 Å². The number of fused-ring (bicyclic) bond motifs is 1. The van der Waals surface area contributed by atoms with E-state index in [1.54, 1.807) is 0 Å². The predicted octanol–water partition coefficient (Wildman–Crippen LogP) is 3.14. The van der Waals surface area contributed by atoms with Crippen molar-refractivity contribution in [3.63, 3.8) is 0 Å². The van der Waals surface area contributed by atoms with Crippen LogP contribution in [0.2, 0.25) is 0 Å². The Morgan fingerprint density at radius 2 is 2.24 bits per heavy atom. The minimum atomic E-state index is 0.231. The van der Waals surface area contributed by atoms with Crippen LogP contribution in [0.3, 0.4) is 0 Å². The van der Waals surface area contributed by atoms with Crippen LogP contribution in [0.25, 0.3) is 0 Å². The second kappa shape index (κ2) is 7.65. The van der Waals surface area contributed by atoms with Crippen LogP contribution in [-0.2, 0) is 17.8 Å². The lowest BCUT2D eigenvalue weighted by atomic mass is 10.0. The number of nitrogens with zero attached hydrogens (tertiary/aromatic N) is 1.